The van der Waals surface area contributed by atoms with Crippen molar-refractivity contribution in [2.75, 3.05) is 18.4 Å². The first-order valence-corrected chi connectivity index (χ1v) is 9.36. The summed E-state index contributed by atoms with van der Waals surface area (Å²) >= 11 is 0. The van der Waals surface area contributed by atoms with Gasteiger partial charge < -0.3 is 10.2 Å². The van der Waals surface area contributed by atoms with Crippen LogP contribution >= 0.6 is 0 Å². The van der Waals surface area contributed by atoms with Gasteiger partial charge in [0.25, 0.3) is 5.91 Å². The Morgan fingerprint density at radius 3 is 2.35 bits per heavy atom. The van der Waals surface area contributed by atoms with E-state index in [9.17, 15) is 4.79 Å². The molecule has 0 bridgehead atoms. The summed E-state index contributed by atoms with van der Waals surface area (Å²) in [6.07, 6.45) is 3.17. The van der Waals surface area contributed by atoms with Crippen LogP contribution in [-0.2, 0) is 6.42 Å². The SMILES string of the molecule is CC(C)(C)Nc1ccc(C(=O)N2CCC(Cc3ccccc3)CC2)nn1. The minimum atomic E-state index is -0.0825. The second kappa shape index (κ2) is 7.85. The summed E-state index contributed by atoms with van der Waals surface area (Å²) in [5.41, 5.74) is 1.72. The Hall–Kier alpha value is -2.43. The van der Waals surface area contributed by atoms with Gasteiger partial charge in [0.2, 0.25) is 0 Å². The summed E-state index contributed by atoms with van der Waals surface area (Å²) in [5.74, 6) is 1.32. The minimum Gasteiger partial charge on any atom is -0.364 e. The molecule has 138 valence electrons. The van der Waals surface area contributed by atoms with Gasteiger partial charge in [-0.3, -0.25) is 4.79 Å². The standard InChI is InChI=1S/C21H28N4O/c1-21(2,3)22-19-10-9-18(23-24-19)20(26)25-13-11-17(12-14-25)15-16-7-5-4-6-8-16/h4-10,17H,11-15H2,1-3H3,(H,22,24). The van der Waals surface area contributed by atoms with Crippen molar-refractivity contribution in [3.05, 3.63) is 53.7 Å². The lowest BCUT2D eigenvalue weighted by molar-refractivity contribution is 0.0683. The molecule has 1 amide bonds. The van der Waals surface area contributed by atoms with Crippen LogP contribution in [0, 0.1) is 5.92 Å². The number of piperidine rings is 1. The first-order valence-electron chi connectivity index (χ1n) is 9.36. The molecule has 2 aromatic rings. The molecule has 26 heavy (non-hydrogen) atoms. The average Bonchev–Trinajstić information content (AvgIpc) is 2.62. The molecule has 0 radical (unpaired) electrons. The van der Waals surface area contributed by atoms with E-state index in [0.29, 0.717) is 17.4 Å². The van der Waals surface area contributed by atoms with Crippen molar-refractivity contribution in [2.45, 2.75) is 45.6 Å². The van der Waals surface area contributed by atoms with Crippen LogP contribution in [0.5, 0.6) is 0 Å². The van der Waals surface area contributed by atoms with Gasteiger partial charge in [0, 0.05) is 18.6 Å². The molecule has 1 aromatic heterocycles. The number of nitrogens with one attached hydrogen (secondary N) is 1. The molecule has 1 fully saturated rings. The van der Waals surface area contributed by atoms with Crippen LogP contribution in [0.2, 0.25) is 0 Å². The Bertz CT molecular complexity index is 714. The highest BCUT2D eigenvalue weighted by Gasteiger charge is 2.25. The fourth-order valence-corrected chi connectivity index (χ4v) is 3.35. The summed E-state index contributed by atoms with van der Waals surface area (Å²) in [5, 5.41) is 11.5. The summed E-state index contributed by atoms with van der Waals surface area (Å²) < 4.78 is 0. The van der Waals surface area contributed by atoms with Crippen molar-refractivity contribution in [3.63, 3.8) is 0 Å². The largest absolute Gasteiger partial charge is 0.364 e. The lowest BCUT2D eigenvalue weighted by atomic mass is 9.90. The van der Waals surface area contributed by atoms with Crippen LogP contribution in [-0.4, -0.2) is 39.6 Å². The maximum atomic E-state index is 12.7. The van der Waals surface area contributed by atoms with E-state index >= 15 is 0 Å². The molecule has 1 aliphatic heterocycles. The molecule has 5 nitrogen and oxygen atoms in total. The number of hydrogen-bond donors (Lipinski definition) is 1. The number of benzene rings is 1. The van der Waals surface area contributed by atoms with Gasteiger partial charge in [-0.2, -0.15) is 0 Å². The highest BCUT2D eigenvalue weighted by Crippen LogP contribution is 2.22. The van der Waals surface area contributed by atoms with Gasteiger partial charge in [-0.1, -0.05) is 30.3 Å². The maximum absolute atomic E-state index is 12.7. The van der Waals surface area contributed by atoms with Crippen molar-refractivity contribution < 1.29 is 4.79 Å². The Kier molecular flexibility index (Phi) is 5.55. The number of nitrogens with zero attached hydrogens (tertiary/aromatic N) is 3. The van der Waals surface area contributed by atoms with Crippen LogP contribution in [0.4, 0.5) is 5.82 Å². The van der Waals surface area contributed by atoms with E-state index in [1.54, 1.807) is 6.07 Å². The molecule has 0 saturated carbocycles. The number of carbonyl (C=O) groups excluding carboxylic acids is 1. The van der Waals surface area contributed by atoms with Crippen molar-refractivity contribution in [1.82, 2.24) is 15.1 Å². The highest BCUT2D eigenvalue weighted by molar-refractivity contribution is 5.92. The molecule has 1 aromatic carbocycles. The van der Waals surface area contributed by atoms with Gasteiger partial charge in [0.15, 0.2) is 5.69 Å². The molecule has 0 spiro atoms. The number of anilines is 1. The molecule has 2 heterocycles. The van der Waals surface area contributed by atoms with Gasteiger partial charge in [-0.05, 0) is 63.6 Å². The third-order valence-electron chi connectivity index (χ3n) is 4.66. The third kappa shape index (κ3) is 5.04. The third-order valence-corrected chi connectivity index (χ3v) is 4.66. The number of amides is 1. The van der Waals surface area contributed by atoms with E-state index in [0.717, 1.165) is 32.4 Å². The van der Waals surface area contributed by atoms with Crippen molar-refractivity contribution in [1.29, 1.82) is 0 Å². The fraction of sp³-hybridized carbons (Fsp3) is 0.476. The molecular weight excluding hydrogens is 324 g/mol. The van der Waals surface area contributed by atoms with Crippen LogP contribution < -0.4 is 5.32 Å². The normalized spacial score (nSPS) is 15.7. The monoisotopic (exact) mass is 352 g/mol. The van der Waals surface area contributed by atoms with Crippen LogP contribution in [0.3, 0.4) is 0 Å². The summed E-state index contributed by atoms with van der Waals surface area (Å²) in [4.78, 5) is 14.6. The van der Waals surface area contributed by atoms with Crippen LogP contribution in [0.1, 0.15) is 49.7 Å². The summed E-state index contributed by atoms with van der Waals surface area (Å²) in [7, 11) is 0. The van der Waals surface area contributed by atoms with E-state index in [1.807, 2.05) is 17.0 Å². The van der Waals surface area contributed by atoms with Crippen LogP contribution in [0.25, 0.3) is 0 Å². The molecule has 0 aliphatic carbocycles. The smallest absolute Gasteiger partial charge is 0.274 e. The van der Waals surface area contributed by atoms with E-state index in [-0.39, 0.29) is 11.4 Å². The predicted octanol–water partition coefficient (Wildman–Crippen LogP) is 3.78. The second-order valence-electron chi connectivity index (χ2n) is 8.10. The lowest BCUT2D eigenvalue weighted by Crippen LogP contribution is -2.39. The zero-order valence-electron chi connectivity index (χ0n) is 15.9. The lowest BCUT2D eigenvalue weighted by Gasteiger charge is -2.31. The zero-order chi connectivity index (χ0) is 18.6. The molecule has 5 heteroatoms. The van der Waals surface area contributed by atoms with Crippen molar-refractivity contribution >= 4 is 11.7 Å². The Morgan fingerprint density at radius 2 is 1.77 bits per heavy atom. The topological polar surface area (TPSA) is 58.1 Å². The molecular formula is C21H28N4O. The van der Waals surface area contributed by atoms with Gasteiger partial charge in [0.1, 0.15) is 5.82 Å². The highest BCUT2D eigenvalue weighted by atomic mass is 16.2. The Labute approximate surface area is 155 Å². The van der Waals surface area contributed by atoms with Gasteiger partial charge in [0.05, 0.1) is 0 Å². The van der Waals surface area contributed by atoms with E-state index < -0.39 is 0 Å². The van der Waals surface area contributed by atoms with Crippen LogP contribution in [0.15, 0.2) is 42.5 Å². The molecule has 1 aliphatic rings. The zero-order valence-corrected chi connectivity index (χ0v) is 15.9. The number of carbonyl (C=O) groups is 1. The Morgan fingerprint density at radius 1 is 1.08 bits per heavy atom. The number of hydrogen-bond acceptors (Lipinski definition) is 4. The average molecular weight is 352 g/mol. The first-order chi connectivity index (χ1) is 12.4. The summed E-state index contributed by atoms with van der Waals surface area (Å²) in [6.45, 7) is 7.77. The van der Waals surface area contributed by atoms with E-state index in [4.69, 9.17) is 0 Å². The Balaban J connectivity index is 1.53. The van der Waals surface area contributed by atoms with E-state index in [2.05, 4.69) is 60.6 Å². The van der Waals surface area contributed by atoms with Gasteiger partial charge in [-0.25, -0.2) is 0 Å². The van der Waals surface area contributed by atoms with Gasteiger partial charge >= 0.3 is 0 Å². The number of rotatable bonds is 4. The van der Waals surface area contributed by atoms with E-state index in [1.165, 1.54) is 5.56 Å². The summed E-state index contributed by atoms with van der Waals surface area (Å²) in [6, 6.07) is 14.2. The number of likely N-dealkylation sites (tertiary alicyclic amines) is 1. The second-order valence-corrected chi connectivity index (χ2v) is 8.10. The minimum absolute atomic E-state index is 0.0158. The molecule has 0 atom stereocenters. The molecule has 1 N–H and O–H groups in total. The van der Waals surface area contributed by atoms with Gasteiger partial charge in [-0.15, -0.1) is 10.2 Å². The molecule has 1 saturated heterocycles. The molecule has 3 rings (SSSR count). The quantitative estimate of drug-likeness (QED) is 0.910. The molecule has 0 unspecified atom stereocenters. The van der Waals surface area contributed by atoms with Crippen molar-refractivity contribution in [3.8, 4) is 0 Å². The maximum Gasteiger partial charge on any atom is 0.274 e. The number of aromatic nitrogens is 2. The van der Waals surface area contributed by atoms with Crippen molar-refractivity contribution in [2.24, 2.45) is 5.92 Å². The predicted molar refractivity (Wildman–Crippen MR) is 104 cm³/mol. The first kappa shape index (κ1) is 18.4. The fourth-order valence-electron chi connectivity index (χ4n) is 3.35.